The summed E-state index contributed by atoms with van der Waals surface area (Å²) >= 11 is 5.76. The van der Waals surface area contributed by atoms with Gasteiger partial charge in [0.1, 0.15) is 5.38 Å². The third-order valence-corrected chi connectivity index (χ3v) is 3.75. The molecule has 2 fully saturated rings. The summed E-state index contributed by atoms with van der Waals surface area (Å²) in [5, 5.41) is 2.67. The molecule has 0 aromatic rings. The molecular weight excluding hydrogens is 212 g/mol. The molecule has 0 aliphatic carbocycles. The second-order valence-corrected chi connectivity index (χ2v) is 5.38. The van der Waals surface area contributed by atoms with Crippen LogP contribution < -0.4 is 5.32 Å². The van der Waals surface area contributed by atoms with Crippen LogP contribution in [0.2, 0.25) is 0 Å². The van der Waals surface area contributed by atoms with Crippen molar-refractivity contribution in [1.29, 1.82) is 0 Å². The molecule has 15 heavy (non-hydrogen) atoms. The van der Waals surface area contributed by atoms with Gasteiger partial charge in [-0.15, -0.1) is 11.6 Å². The number of nitrogens with one attached hydrogen (secondary N) is 1. The lowest BCUT2D eigenvalue weighted by atomic mass is 9.85. The smallest absolute Gasteiger partial charge is 0.237 e. The number of alkyl halides is 1. The highest BCUT2D eigenvalue weighted by Crippen LogP contribution is 2.26. The van der Waals surface area contributed by atoms with Crippen molar-refractivity contribution in [3.63, 3.8) is 0 Å². The molecule has 2 aliphatic heterocycles. The molecule has 2 heterocycles. The Kier molecular flexibility index (Phi) is 3.52. The Balaban J connectivity index is 1.89. The van der Waals surface area contributed by atoms with Crippen molar-refractivity contribution in [2.24, 2.45) is 5.92 Å². The fraction of sp³-hybridized carbons (Fsp3) is 0.909. The fourth-order valence-electron chi connectivity index (χ4n) is 2.67. The number of rotatable bonds is 2. The van der Waals surface area contributed by atoms with Crippen molar-refractivity contribution in [2.45, 2.75) is 37.6 Å². The van der Waals surface area contributed by atoms with E-state index < -0.39 is 5.38 Å². The van der Waals surface area contributed by atoms with Gasteiger partial charge in [-0.05, 0) is 38.6 Å². The van der Waals surface area contributed by atoms with Crippen LogP contribution in [-0.2, 0) is 4.79 Å². The molecule has 2 saturated heterocycles. The third kappa shape index (κ3) is 2.64. The second-order valence-electron chi connectivity index (χ2n) is 4.72. The molecule has 1 N–H and O–H groups in total. The highest BCUT2D eigenvalue weighted by molar-refractivity contribution is 6.30. The molecule has 0 aromatic heterocycles. The molecule has 2 bridgehead atoms. The largest absolute Gasteiger partial charge is 0.352 e. The van der Waals surface area contributed by atoms with Crippen LogP contribution in [0.1, 0.15) is 26.2 Å². The molecule has 3 nitrogen and oxygen atoms in total. The maximum Gasteiger partial charge on any atom is 0.237 e. The minimum Gasteiger partial charge on any atom is -0.352 e. The number of halogens is 1. The first-order chi connectivity index (χ1) is 7.16. The average molecular weight is 231 g/mol. The van der Waals surface area contributed by atoms with Gasteiger partial charge in [0.05, 0.1) is 0 Å². The zero-order chi connectivity index (χ0) is 10.8. The highest BCUT2D eigenvalue weighted by atomic mass is 35.5. The van der Waals surface area contributed by atoms with Crippen LogP contribution in [-0.4, -0.2) is 41.9 Å². The Labute approximate surface area is 96.2 Å². The third-order valence-electron chi connectivity index (χ3n) is 3.56. The lowest BCUT2D eigenvalue weighted by Gasteiger charge is -2.42. The lowest BCUT2D eigenvalue weighted by Crippen LogP contribution is -2.54. The first kappa shape index (κ1) is 11.2. The number of piperidine rings is 2. The summed E-state index contributed by atoms with van der Waals surface area (Å²) < 4.78 is 0. The zero-order valence-electron chi connectivity index (χ0n) is 9.21. The molecule has 0 aromatic carbocycles. The number of hydrogen-bond acceptors (Lipinski definition) is 2. The maximum atomic E-state index is 11.5. The van der Waals surface area contributed by atoms with E-state index in [1.165, 1.54) is 19.4 Å². The zero-order valence-corrected chi connectivity index (χ0v) is 9.96. The van der Waals surface area contributed by atoms with Gasteiger partial charge in [-0.3, -0.25) is 4.79 Å². The van der Waals surface area contributed by atoms with Crippen LogP contribution >= 0.6 is 11.6 Å². The van der Waals surface area contributed by atoms with Gasteiger partial charge in [0.2, 0.25) is 5.91 Å². The van der Waals surface area contributed by atoms with Crippen LogP contribution in [0.3, 0.4) is 0 Å². The summed E-state index contributed by atoms with van der Waals surface area (Å²) in [6.45, 7) is 5.25. The van der Waals surface area contributed by atoms with Gasteiger partial charge in [-0.1, -0.05) is 0 Å². The number of carbonyl (C=O) groups excluding carboxylic acids is 1. The highest BCUT2D eigenvalue weighted by Gasteiger charge is 2.33. The molecule has 2 rings (SSSR count). The van der Waals surface area contributed by atoms with E-state index >= 15 is 0 Å². The topological polar surface area (TPSA) is 32.3 Å². The minimum atomic E-state index is -0.411. The number of amides is 1. The molecule has 4 heteroatoms. The monoisotopic (exact) mass is 230 g/mol. The van der Waals surface area contributed by atoms with Crippen molar-refractivity contribution in [3.8, 4) is 0 Å². The van der Waals surface area contributed by atoms with Crippen molar-refractivity contribution in [1.82, 2.24) is 10.2 Å². The lowest BCUT2D eigenvalue weighted by molar-refractivity contribution is -0.122. The van der Waals surface area contributed by atoms with Gasteiger partial charge in [0.25, 0.3) is 0 Å². The Morgan fingerprint density at radius 2 is 2.27 bits per heavy atom. The SMILES string of the molecule is CC(Cl)C(=O)NC1CCN2CCCC1C2. The number of carbonyl (C=O) groups is 1. The van der Waals surface area contributed by atoms with E-state index in [0.29, 0.717) is 12.0 Å². The summed E-state index contributed by atoms with van der Waals surface area (Å²) in [5.74, 6) is 0.632. The van der Waals surface area contributed by atoms with Gasteiger partial charge < -0.3 is 10.2 Å². The van der Waals surface area contributed by atoms with E-state index in [1.54, 1.807) is 6.92 Å². The van der Waals surface area contributed by atoms with Crippen molar-refractivity contribution < 1.29 is 4.79 Å². The molecule has 0 spiro atoms. The summed E-state index contributed by atoms with van der Waals surface area (Å²) in [6, 6.07) is 0.357. The van der Waals surface area contributed by atoms with Crippen LogP contribution in [0.15, 0.2) is 0 Å². The van der Waals surface area contributed by atoms with Crippen molar-refractivity contribution in [2.75, 3.05) is 19.6 Å². The molecule has 1 amide bonds. The van der Waals surface area contributed by atoms with Crippen molar-refractivity contribution >= 4 is 17.5 Å². The van der Waals surface area contributed by atoms with E-state index in [-0.39, 0.29) is 5.91 Å². The molecule has 4 unspecified atom stereocenters. The normalized spacial score (nSPS) is 37.1. The number of hydrogen-bond donors (Lipinski definition) is 1. The molecule has 86 valence electrons. The van der Waals surface area contributed by atoms with E-state index in [1.807, 2.05) is 0 Å². The summed E-state index contributed by atoms with van der Waals surface area (Å²) in [6.07, 6.45) is 3.60. The van der Waals surface area contributed by atoms with Gasteiger partial charge in [-0.2, -0.15) is 0 Å². The second kappa shape index (κ2) is 4.71. The minimum absolute atomic E-state index is 0.0132. The summed E-state index contributed by atoms with van der Waals surface area (Å²) in [4.78, 5) is 14.0. The first-order valence-corrected chi connectivity index (χ1v) is 6.27. The molecule has 2 aliphatic rings. The van der Waals surface area contributed by atoms with Crippen LogP contribution in [0.5, 0.6) is 0 Å². The number of nitrogens with zero attached hydrogens (tertiary/aromatic N) is 1. The predicted octanol–water partition coefficient (Wildman–Crippen LogP) is 1.21. The number of fused-ring (bicyclic) bond motifs is 2. The van der Waals surface area contributed by atoms with E-state index in [9.17, 15) is 4.79 Å². The van der Waals surface area contributed by atoms with Crippen molar-refractivity contribution in [3.05, 3.63) is 0 Å². The van der Waals surface area contributed by atoms with E-state index in [2.05, 4.69) is 10.2 Å². The first-order valence-electron chi connectivity index (χ1n) is 5.83. The average Bonchev–Trinajstić information content (AvgIpc) is 2.22. The summed E-state index contributed by atoms with van der Waals surface area (Å²) in [5.41, 5.74) is 0. The quantitative estimate of drug-likeness (QED) is 0.724. The molecule has 4 atom stereocenters. The molecule has 0 saturated carbocycles. The maximum absolute atomic E-state index is 11.5. The van der Waals surface area contributed by atoms with Crippen LogP contribution in [0, 0.1) is 5.92 Å². The molecular formula is C11H19ClN2O. The standard InChI is InChI=1S/C11H19ClN2O/c1-8(12)11(15)13-10-4-6-14-5-2-3-9(10)7-14/h8-10H,2-7H2,1H3,(H,13,15). The van der Waals surface area contributed by atoms with Crippen LogP contribution in [0.4, 0.5) is 0 Å². The Hall–Kier alpha value is -0.280. The fourth-order valence-corrected chi connectivity index (χ4v) is 2.73. The van der Waals surface area contributed by atoms with Crippen LogP contribution in [0.25, 0.3) is 0 Å². The van der Waals surface area contributed by atoms with E-state index in [4.69, 9.17) is 11.6 Å². The Morgan fingerprint density at radius 3 is 3.00 bits per heavy atom. The van der Waals surface area contributed by atoms with Gasteiger partial charge in [0.15, 0.2) is 0 Å². The van der Waals surface area contributed by atoms with Gasteiger partial charge in [0, 0.05) is 19.1 Å². The summed E-state index contributed by atoms with van der Waals surface area (Å²) in [7, 11) is 0. The van der Waals surface area contributed by atoms with E-state index in [0.717, 1.165) is 19.5 Å². The Morgan fingerprint density at radius 1 is 1.47 bits per heavy atom. The Bertz CT molecular complexity index is 245. The molecule has 0 radical (unpaired) electrons. The predicted molar refractivity (Wildman–Crippen MR) is 61.0 cm³/mol. The van der Waals surface area contributed by atoms with Gasteiger partial charge >= 0.3 is 0 Å². The van der Waals surface area contributed by atoms with Gasteiger partial charge in [-0.25, -0.2) is 0 Å².